The second-order valence-corrected chi connectivity index (χ2v) is 2.03. The summed E-state index contributed by atoms with van der Waals surface area (Å²) >= 11 is 0. The first-order chi connectivity index (χ1) is 5.27. The van der Waals surface area contributed by atoms with E-state index in [0.717, 1.165) is 26.3 Å². The van der Waals surface area contributed by atoms with E-state index in [2.05, 4.69) is 11.1 Å². The third-order valence-electron chi connectivity index (χ3n) is 1.05. The zero-order valence-electron chi connectivity index (χ0n) is 6.51. The Labute approximate surface area is 66.1 Å². The van der Waals surface area contributed by atoms with Crippen molar-refractivity contribution in [3.8, 4) is 0 Å². The molecule has 0 bridgehead atoms. The van der Waals surface area contributed by atoms with Crippen molar-refractivity contribution in [2.75, 3.05) is 32.8 Å². The third-order valence-corrected chi connectivity index (χ3v) is 1.05. The van der Waals surface area contributed by atoms with Crippen LogP contribution in [0.4, 0.5) is 0 Å². The molecule has 0 aromatic heterocycles. The van der Waals surface area contributed by atoms with Gasteiger partial charge in [0.15, 0.2) is 0 Å². The highest BCUT2D eigenvalue weighted by Gasteiger charge is 1.92. The van der Waals surface area contributed by atoms with Gasteiger partial charge in [0, 0.05) is 13.1 Å². The van der Waals surface area contributed by atoms with Crippen molar-refractivity contribution >= 4 is 5.91 Å². The standard InChI is InChI=1S/C4H9NO.C2H6N2O/c1-3-6-4-2-5-1;3-1-2(4)5/h5H,1-4H2;1,3H2,(H2,4,5). The van der Waals surface area contributed by atoms with E-state index < -0.39 is 5.91 Å². The van der Waals surface area contributed by atoms with E-state index in [1.807, 2.05) is 0 Å². The maximum atomic E-state index is 9.47. The predicted molar refractivity (Wildman–Crippen MR) is 41.9 cm³/mol. The van der Waals surface area contributed by atoms with Gasteiger partial charge in [-0.05, 0) is 0 Å². The topological polar surface area (TPSA) is 90.4 Å². The quantitative estimate of drug-likeness (QED) is 0.416. The van der Waals surface area contributed by atoms with E-state index >= 15 is 0 Å². The number of ether oxygens (including phenoxy) is 1. The number of carbonyl (C=O) groups excluding carboxylic acids is 1. The van der Waals surface area contributed by atoms with Crippen LogP contribution < -0.4 is 16.8 Å². The Hall–Kier alpha value is -0.650. The van der Waals surface area contributed by atoms with E-state index in [4.69, 9.17) is 10.5 Å². The van der Waals surface area contributed by atoms with Gasteiger partial charge in [0.25, 0.3) is 0 Å². The molecular formula is C6H15N3O2. The van der Waals surface area contributed by atoms with Gasteiger partial charge in [-0.1, -0.05) is 0 Å². The van der Waals surface area contributed by atoms with Crippen LogP contribution in [0.15, 0.2) is 0 Å². The van der Waals surface area contributed by atoms with Crippen LogP contribution in [0.3, 0.4) is 0 Å². The molecule has 11 heavy (non-hydrogen) atoms. The molecule has 1 aliphatic heterocycles. The van der Waals surface area contributed by atoms with Gasteiger partial charge in [0.1, 0.15) is 0 Å². The van der Waals surface area contributed by atoms with Gasteiger partial charge < -0.3 is 21.5 Å². The van der Waals surface area contributed by atoms with Crippen LogP contribution in [0.2, 0.25) is 0 Å². The Morgan fingerprint density at radius 2 is 1.91 bits per heavy atom. The van der Waals surface area contributed by atoms with E-state index in [1.165, 1.54) is 0 Å². The Kier molecular flexibility index (Phi) is 7.02. The number of amides is 1. The Balaban J connectivity index is 0.000000187. The summed E-state index contributed by atoms with van der Waals surface area (Å²) in [5.74, 6) is -0.468. The summed E-state index contributed by atoms with van der Waals surface area (Å²) in [5.41, 5.74) is 9.22. The monoisotopic (exact) mass is 161 g/mol. The molecule has 5 nitrogen and oxygen atoms in total. The molecule has 5 heteroatoms. The minimum Gasteiger partial charge on any atom is -0.379 e. The molecular weight excluding hydrogens is 146 g/mol. The van der Waals surface area contributed by atoms with Crippen LogP contribution in [0.5, 0.6) is 0 Å². The molecule has 1 saturated heterocycles. The van der Waals surface area contributed by atoms with Gasteiger partial charge in [0.2, 0.25) is 5.91 Å². The van der Waals surface area contributed by atoms with Crippen molar-refractivity contribution in [3.63, 3.8) is 0 Å². The first-order valence-electron chi connectivity index (χ1n) is 3.54. The highest BCUT2D eigenvalue weighted by atomic mass is 16.5. The molecule has 66 valence electrons. The molecule has 1 amide bonds. The lowest BCUT2D eigenvalue weighted by atomic mass is 10.5. The van der Waals surface area contributed by atoms with Crippen molar-refractivity contribution in [1.82, 2.24) is 5.32 Å². The lowest BCUT2D eigenvalue weighted by Gasteiger charge is -2.10. The summed E-state index contributed by atoms with van der Waals surface area (Å²) in [6.07, 6.45) is 0. The fraction of sp³-hybridized carbons (Fsp3) is 0.833. The lowest BCUT2D eigenvalue weighted by molar-refractivity contribution is -0.116. The third kappa shape index (κ3) is 9.35. The maximum absolute atomic E-state index is 9.47. The van der Waals surface area contributed by atoms with Gasteiger partial charge >= 0.3 is 0 Å². The summed E-state index contributed by atoms with van der Waals surface area (Å²) in [6.45, 7) is 3.78. The summed E-state index contributed by atoms with van der Waals surface area (Å²) < 4.78 is 5.01. The average molecular weight is 161 g/mol. The maximum Gasteiger partial charge on any atom is 0.231 e. The van der Waals surface area contributed by atoms with E-state index in [0.29, 0.717) is 0 Å². The largest absolute Gasteiger partial charge is 0.379 e. The fourth-order valence-electron chi connectivity index (χ4n) is 0.516. The van der Waals surface area contributed by atoms with Gasteiger partial charge in [-0.15, -0.1) is 0 Å². The smallest absolute Gasteiger partial charge is 0.231 e. The van der Waals surface area contributed by atoms with Gasteiger partial charge in [-0.25, -0.2) is 0 Å². The molecule has 0 unspecified atom stereocenters. The minimum absolute atomic E-state index is 0.0556. The molecule has 0 saturated carbocycles. The number of rotatable bonds is 1. The second kappa shape index (κ2) is 7.46. The molecule has 0 aromatic carbocycles. The molecule has 0 aliphatic carbocycles. The fourth-order valence-corrected chi connectivity index (χ4v) is 0.516. The number of hydrogen-bond donors (Lipinski definition) is 3. The molecule has 5 N–H and O–H groups in total. The summed E-state index contributed by atoms with van der Waals surface area (Å²) in [5, 5.41) is 3.16. The van der Waals surface area contributed by atoms with Gasteiger partial charge in [-0.3, -0.25) is 4.79 Å². The van der Waals surface area contributed by atoms with Crippen LogP contribution in [0.1, 0.15) is 0 Å². The van der Waals surface area contributed by atoms with Crippen molar-refractivity contribution < 1.29 is 9.53 Å². The lowest BCUT2D eigenvalue weighted by Crippen LogP contribution is -2.30. The number of nitrogens with one attached hydrogen (secondary N) is 1. The average Bonchev–Trinajstić information content (AvgIpc) is 2.09. The van der Waals surface area contributed by atoms with Crippen LogP contribution >= 0.6 is 0 Å². The van der Waals surface area contributed by atoms with E-state index in [9.17, 15) is 4.79 Å². The van der Waals surface area contributed by atoms with Crippen LogP contribution in [0, 0.1) is 0 Å². The van der Waals surface area contributed by atoms with Gasteiger partial charge in [0.05, 0.1) is 19.8 Å². The van der Waals surface area contributed by atoms with Crippen LogP contribution in [0.25, 0.3) is 0 Å². The number of hydrogen-bond acceptors (Lipinski definition) is 4. The number of nitrogens with two attached hydrogens (primary N) is 2. The Morgan fingerprint density at radius 3 is 2.00 bits per heavy atom. The molecule has 1 heterocycles. The van der Waals surface area contributed by atoms with Crippen molar-refractivity contribution in [2.24, 2.45) is 11.5 Å². The highest BCUT2D eigenvalue weighted by molar-refractivity contribution is 5.75. The van der Waals surface area contributed by atoms with Crippen LogP contribution in [-0.2, 0) is 9.53 Å². The molecule has 0 aromatic rings. The predicted octanol–water partition coefficient (Wildman–Crippen LogP) is -1.96. The Morgan fingerprint density at radius 1 is 1.45 bits per heavy atom. The van der Waals surface area contributed by atoms with Crippen molar-refractivity contribution in [1.29, 1.82) is 0 Å². The molecule has 1 aliphatic rings. The molecule has 0 radical (unpaired) electrons. The normalized spacial score (nSPS) is 16.5. The molecule has 1 rings (SSSR count). The number of carbonyl (C=O) groups is 1. The zero-order chi connectivity index (χ0) is 8.53. The van der Waals surface area contributed by atoms with Crippen molar-refractivity contribution in [3.05, 3.63) is 0 Å². The number of morpholine rings is 1. The summed E-state index contributed by atoms with van der Waals surface area (Å²) in [4.78, 5) is 9.47. The molecule has 1 fully saturated rings. The SMILES string of the molecule is C1COCCN1.NCC(N)=O. The Bertz CT molecular complexity index is 92.5. The first kappa shape index (κ1) is 10.3. The summed E-state index contributed by atoms with van der Waals surface area (Å²) in [6, 6.07) is 0. The van der Waals surface area contributed by atoms with Crippen LogP contribution in [-0.4, -0.2) is 38.8 Å². The first-order valence-corrected chi connectivity index (χ1v) is 3.54. The van der Waals surface area contributed by atoms with Crippen molar-refractivity contribution in [2.45, 2.75) is 0 Å². The zero-order valence-corrected chi connectivity index (χ0v) is 6.51. The number of primary amides is 1. The molecule has 0 spiro atoms. The van der Waals surface area contributed by atoms with Gasteiger partial charge in [-0.2, -0.15) is 0 Å². The summed E-state index contributed by atoms with van der Waals surface area (Å²) in [7, 11) is 0. The second-order valence-electron chi connectivity index (χ2n) is 2.03. The molecule has 0 atom stereocenters. The minimum atomic E-state index is -0.468. The highest BCUT2D eigenvalue weighted by Crippen LogP contribution is 1.76. The van der Waals surface area contributed by atoms with E-state index in [1.54, 1.807) is 0 Å². The van der Waals surface area contributed by atoms with E-state index in [-0.39, 0.29) is 6.54 Å².